The number of aromatic nitrogens is 2. The van der Waals surface area contributed by atoms with Gasteiger partial charge >= 0.3 is 17.5 Å². The number of rotatable bonds is 11. The van der Waals surface area contributed by atoms with E-state index in [1.165, 1.54) is 19.7 Å². The molecule has 3 rings (SSSR count). The summed E-state index contributed by atoms with van der Waals surface area (Å²) in [6, 6.07) is 9.94. The number of hydrogen-bond acceptors (Lipinski definition) is 10. The van der Waals surface area contributed by atoms with Crippen LogP contribution < -0.4 is 14.4 Å². The number of carbonyl (C=O) groups is 1. The normalized spacial score (nSPS) is 10.4. The molecular weight excluding hydrogens is 420 g/mol. The molecule has 0 radical (unpaired) electrons. The maximum atomic E-state index is 12.0. The van der Waals surface area contributed by atoms with Crippen molar-refractivity contribution in [1.29, 1.82) is 0 Å². The van der Waals surface area contributed by atoms with E-state index in [1.54, 1.807) is 48.2 Å². The molecule has 0 aliphatic carbocycles. The second-order valence-corrected chi connectivity index (χ2v) is 6.44. The van der Waals surface area contributed by atoms with Crippen LogP contribution in [0.2, 0.25) is 0 Å². The van der Waals surface area contributed by atoms with Gasteiger partial charge in [-0.1, -0.05) is 0 Å². The maximum absolute atomic E-state index is 12.0. The predicted molar refractivity (Wildman–Crippen MR) is 113 cm³/mol. The predicted octanol–water partition coefficient (Wildman–Crippen LogP) is 3.74. The number of furan rings is 1. The Morgan fingerprint density at radius 2 is 1.94 bits per heavy atom. The van der Waals surface area contributed by atoms with Crippen LogP contribution in [-0.2, 0) is 16.1 Å². The Balaban J connectivity index is 1.94. The first-order chi connectivity index (χ1) is 15.5. The number of carbonyl (C=O) groups excluding carboxylic acids is 1. The molecule has 0 saturated carbocycles. The van der Waals surface area contributed by atoms with Gasteiger partial charge in [-0.3, -0.25) is 14.9 Å². The van der Waals surface area contributed by atoms with Crippen molar-refractivity contribution in [3.8, 4) is 17.4 Å². The first kappa shape index (κ1) is 22.5. The average Bonchev–Trinajstić information content (AvgIpc) is 3.30. The van der Waals surface area contributed by atoms with E-state index in [0.717, 1.165) is 0 Å². The van der Waals surface area contributed by atoms with E-state index in [2.05, 4.69) is 9.97 Å². The third-order valence-corrected chi connectivity index (χ3v) is 4.34. The Morgan fingerprint density at radius 1 is 1.19 bits per heavy atom. The summed E-state index contributed by atoms with van der Waals surface area (Å²) < 4.78 is 21.1. The minimum absolute atomic E-state index is 0.00434. The molecule has 0 amide bonds. The number of ether oxygens (including phenoxy) is 3. The summed E-state index contributed by atoms with van der Waals surface area (Å²) in [5, 5.41) is 12.0. The zero-order chi connectivity index (χ0) is 22.9. The van der Waals surface area contributed by atoms with Crippen molar-refractivity contribution < 1.29 is 28.3 Å². The highest BCUT2D eigenvalue weighted by Gasteiger charge is 2.29. The van der Waals surface area contributed by atoms with Crippen molar-refractivity contribution >= 4 is 17.5 Å². The van der Waals surface area contributed by atoms with Crippen LogP contribution in [0.1, 0.15) is 19.1 Å². The van der Waals surface area contributed by atoms with E-state index >= 15 is 0 Å². The van der Waals surface area contributed by atoms with Crippen LogP contribution in [0.4, 0.5) is 11.5 Å². The van der Waals surface area contributed by atoms with Crippen molar-refractivity contribution in [3.05, 3.63) is 64.9 Å². The standard InChI is InChI=1S/C21H22N4O7/c1-3-30-18(26)10-11-24(13-17-5-4-12-31-17)20-19(25(27)28)21(23-14-22-20)32-16-8-6-15(29-2)7-9-16/h4-9,12,14H,3,10-11,13H2,1-2H3. The lowest BCUT2D eigenvalue weighted by Crippen LogP contribution is -2.28. The third kappa shape index (κ3) is 5.72. The van der Waals surface area contributed by atoms with E-state index in [9.17, 15) is 14.9 Å². The number of benzene rings is 1. The Morgan fingerprint density at radius 3 is 2.56 bits per heavy atom. The number of hydrogen-bond donors (Lipinski definition) is 0. The molecule has 0 unspecified atom stereocenters. The Hall–Kier alpha value is -4.15. The highest BCUT2D eigenvalue weighted by molar-refractivity contribution is 5.71. The lowest BCUT2D eigenvalue weighted by atomic mass is 10.3. The topological polar surface area (TPSA) is 130 Å². The van der Waals surface area contributed by atoms with Crippen LogP contribution in [0.5, 0.6) is 17.4 Å². The van der Waals surface area contributed by atoms with Gasteiger partial charge in [0, 0.05) is 6.54 Å². The van der Waals surface area contributed by atoms with Gasteiger partial charge in [0.2, 0.25) is 5.82 Å². The number of esters is 1. The summed E-state index contributed by atoms with van der Waals surface area (Å²) in [5.74, 6) is 0.823. The van der Waals surface area contributed by atoms with Gasteiger partial charge in [-0.05, 0) is 43.3 Å². The minimum Gasteiger partial charge on any atom is -0.497 e. The van der Waals surface area contributed by atoms with Crippen molar-refractivity contribution in [1.82, 2.24) is 9.97 Å². The number of methoxy groups -OCH3 is 1. The van der Waals surface area contributed by atoms with Crippen molar-refractivity contribution in [2.75, 3.05) is 25.2 Å². The van der Waals surface area contributed by atoms with Crippen molar-refractivity contribution in [2.24, 2.45) is 0 Å². The SMILES string of the molecule is CCOC(=O)CCN(Cc1ccco1)c1ncnc(Oc2ccc(OC)cc2)c1[N+](=O)[O-]. The van der Waals surface area contributed by atoms with E-state index < -0.39 is 16.6 Å². The molecule has 2 aromatic heterocycles. The zero-order valence-corrected chi connectivity index (χ0v) is 17.6. The third-order valence-electron chi connectivity index (χ3n) is 4.34. The summed E-state index contributed by atoms with van der Waals surface area (Å²) in [6.45, 7) is 2.20. The van der Waals surface area contributed by atoms with Crippen molar-refractivity contribution in [3.63, 3.8) is 0 Å². The average molecular weight is 442 g/mol. The van der Waals surface area contributed by atoms with Gasteiger partial charge < -0.3 is 23.5 Å². The molecule has 0 bridgehead atoms. The summed E-state index contributed by atoms with van der Waals surface area (Å²) in [4.78, 5) is 32.9. The second-order valence-electron chi connectivity index (χ2n) is 6.44. The fourth-order valence-electron chi connectivity index (χ4n) is 2.89. The summed E-state index contributed by atoms with van der Waals surface area (Å²) in [5.41, 5.74) is -0.432. The number of anilines is 1. The molecular formula is C21H22N4O7. The van der Waals surface area contributed by atoms with Crippen LogP contribution >= 0.6 is 0 Å². The van der Waals surface area contributed by atoms with Crippen LogP contribution in [0.15, 0.2) is 53.4 Å². The molecule has 11 heteroatoms. The van der Waals surface area contributed by atoms with Gasteiger partial charge in [0.25, 0.3) is 0 Å². The van der Waals surface area contributed by atoms with Crippen LogP contribution in [-0.4, -0.2) is 41.1 Å². The quantitative estimate of drug-likeness (QED) is 0.246. The van der Waals surface area contributed by atoms with Gasteiger partial charge in [-0.15, -0.1) is 0 Å². The smallest absolute Gasteiger partial charge is 0.373 e. The van der Waals surface area contributed by atoms with E-state index in [0.29, 0.717) is 17.3 Å². The van der Waals surface area contributed by atoms with Gasteiger partial charge in [-0.2, -0.15) is 4.98 Å². The monoisotopic (exact) mass is 442 g/mol. The lowest BCUT2D eigenvalue weighted by Gasteiger charge is -2.22. The number of nitro groups is 1. The number of nitrogens with zero attached hydrogens (tertiary/aromatic N) is 4. The van der Waals surface area contributed by atoms with Crippen LogP contribution in [0.3, 0.4) is 0 Å². The van der Waals surface area contributed by atoms with Gasteiger partial charge in [0.05, 0.1) is 37.9 Å². The van der Waals surface area contributed by atoms with E-state index in [-0.39, 0.29) is 37.8 Å². The molecule has 0 saturated heterocycles. The highest BCUT2D eigenvalue weighted by Crippen LogP contribution is 2.37. The van der Waals surface area contributed by atoms with Gasteiger partial charge in [0.15, 0.2) is 0 Å². The second kappa shape index (κ2) is 10.8. The first-order valence-corrected chi connectivity index (χ1v) is 9.76. The molecule has 0 atom stereocenters. The molecule has 1 aromatic carbocycles. The van der Waals surface area contributed by atoms with Crippen molar-refractivity contribution in [2.45, 2.75) is 19.9 Å². The molecule has 0 aliphatic heterocycles. The Labute approximate surface area is 183 Å². The molecule has 0 fully saturated rings. The largest absolute Gasteiger partial charge is 0.497 e. The summed E-state index contributed by atoms with van der Waals surface area (Å²) in [7, 11) is 1.53. The van der Waals surface area contributed by atoms with Crippen LogP contribution in [0.25, 0.3) is 0 Å². The molecule has 3 aromatic rings. The summed E-state index contributed by atoms with van der Waals surface area (Å²) >= 11 is 0. The molecule has 168 valence electrons. The molecule has 0 spiro atoms. The lowest BCUT2D eigenvalue weighted by molar-refractivity contribution is -0.385. The molecule has 2 heterocycles. The van der Waals surface area contributed by atoms with Gasteiger partial charge in [-0.25, -0.2) is 4.98 Å². The molecule has 0 N–H and O–H groups in total. The molecule has 11 nitrogen and oxygen atoms in total. The fourth-order valence-corrected chi connectivity index (χ4v) is 2.89. The Kier molecular flexibility index (Phi) is 7.57. The molecule has 32 heavy (non-hydrogen) atoms. The fraction of sp³-hybridized carbons (Fsp3) is 0.286. The Bertz CT molecular complexity index is 1040. The highest BCUT2D eigenvalue weighted by atomic mass is 16.6. The maximum Gasteiger partial charge on any atom is 0.373 e. The van der Waals surface area contributed by atoms with Crippen LogP contribution in [0, 0.1) is 10.1 Å². The molecule has 0 aliphatic rings. The minimum atomic E-state index is -0.617. The zero-order valence-electron chi connectivity index (χ0n) is 17.6. The summed E-state index contributed by atoms with van der Waals surface area (Å²) in [6.07, 6.45) is 2.66. The first-order valence-electron chi connectivity index (χ1n) is 9.76. The van der Waals surface area contributed by atoms with E-state index in [1.807, 2.05) is 0 Å². The van der Waals surface area contributed by atoms with Gasteiger partial charge in [0.1, 0.15) is 23.6 Å². The van der Waals surface area contributed by atoms with E-state index in [4.69, 9.17) is 18.6 Å².